The van der Waals surface area contributed by atoms with Gasteiger partial charge in [-0.3, -0.25) is 0 Å². The molecule has 3 rings (SSSR count). The van der Waals surface area contributed by atoms with E-state index in [1.165, 1.54) is 60.1 Å². The number of aromatic nitrogens is 1. The smallest absolute Gasteiger partial charge is 0.201 e. The van der Waals surface area contributed by atoms with Gasteiger partial charge >= 0.3 is 0 Å². The topological polar surface area (TPSA) is 3.88 Å². The van der Waals surface area contributed by atoms with Gasteiger partial charge in [-0.1, -0.05) is 31.4 Å². The van der Waals surface area contributed by atoms with E-state index in [0.717, 1.165) is 5.92 Å². The largest absolute Gasteiger partial charge is 0.215 e. The second kappa shape index (κ2) is 6.24. The Balaban J connectivity index is 1.99. The lowest BCUT2D eigenvalue weighted by Crippen LogP contribution is -2.32. The first-order chi connectivity index (χ1) is 10.6. The SMILES string of the molecule is Cc1cc(C)c(-c2ccc(C3CCCCC3)cc2C)[n+](C)c1. The number of hydrogen-bond donors (Lipinski definition) is 0. The maximum atomic E-state index is 2.44. The lowest BCUT2D eigenvalue weighted by Gasteiger charge is -2.22. The Morgan fingerprint density at radius 3 is 2.27 bits per heavy atom. The molecule has 2 aromatic rings. The molecule has 0 unspecified atom stereocenters. The van der Waals surface area contributed by atoms with Crippen molar-refractivity contribution in [1.82, 2.24) is 0 Å². The Labute approximate surface area is 135 Å². The molecule has 116 valence electrons. The van der Waals surface area contributed by atoms with Gasteiger partial charge in [-0.05, 0) is 62.8 Å². The number of benzene rings is 1. The zero-order valence-corrected chi connectivity index (χ0v) is 14.4. The van der Waals surface area contributed by atoms with Crippen molar-refractivity contribution in [3.05, 3.63) is 52.7 Å². The van der Waals surface area contributed by atoms with Gasteiger partial charge < -0.3 is 0 Å². The molecule has 1 aromatic heterocycles. The van der Waals surface area contributed by atoms with Gasteiger partial charge in [-0.2, -0.15) is 0 Å². The zero-order valence-electron chi connectivity index (χ0n) is 14.4. The maximum Gasteiger partial charge on any atom is 0.215 e. The van der Waals surface area contributed by atoms with Gasteiger partial charge in [0.25, 0.3) is 0 Å². The van der Waals surface area contributed by atoms with E-state index in [4.69, 9.17) is 0 Å². The first kappa shape index (κ1) is 15.3. The summed E-state index contributed by atoms with van der Waals surface area (Å²) in [6, 6.07) is 9.43. The van der Waals surface area contributed by atoms with Crippen LogP contribution >= 0.6 is 0 Å². The predicted molar refractivity (Wildman–Crippen MR) is 93.1 cm³/mol. The summed E-state index contributed by atoms with van der Waals surface area (Å²) in [5, 5.41) is 0. The highest BCUT2D eigenvalue weighted by molar-refractivity contribution is 5.64. The molecule has 1 aliphatic rings. The monoisotopic (exact) mass is 294 g/mol. The summed E-state index contributed by atoms with van der Waals surface area (Å²) >= 11 is 0. The van der Waals surface area contributed by atoms with Crippen LogP contribution in [0.2, 0.25) is 0 Å². The Morgan fingerprint density at radius 1 is 0.909 bits per heavy atom. The van der Waals surface area contributed by atoms with Crippen LogP contribution in [0.3, 0.4) is 0 Å². The van der Waals surface area contributed by atoms with Crippen LogP contribution in [0.25, 0.3) is 11.3 Å². The summed E-state index contributed by atoms with van der Waals surface area (Å²) in [7, 11) is 2.16. The molecule has 0 spiro atoms. The van der Waals surface area contributed by atoms with E-state index < -0.39 is 0 Å². The highest BCUT2D eigenvalue weighted by Crippen LogP contribution is 2.34. The number of pyridine rings is 1. The van der Waals surface area contributed by atoms with Crippen LogP contribution in [0.4, 0.5) is 0 Å². The van der Waals surface area contributed by atoms with E-state index >= 15 is 0 Å². The van der Waals surface area contributed by atoms with Gasteiger partial charge in [-0.15, -0.1) is 0 Å². The molecule has 0 aliphatic heterocycles. The molecular formula is C21H28N+. The van der Waals surface area contributed by atoms with Crippen LogP contribution < -0.4 is 4.57 Å². The molecule has 1 saturated carbocycles. The van der Waals surface area contributed by atoms with E-state index in [-0.39, 0.29) is 0 Å². The quantitative estimate of drug-likeness (QED) is 0.674. The third-order valence-corrected chi connectivity index (χ3v) is 5.15. The van der Waals surface area contributed by atoms with Crippen molar-refractivity contribution in [2.75, 3.05) is 0 Å². The molecule has 0 saturated heterocycles. The van der Waals surface area contributed by atoms with Crippen molar-refractivity contribution >= 4 is 0 Å². The van der Waals surface area contributed by atoms with Crippen LogP contribution in [-0.4, -0.2) is 0 Å². The Hall–Kier alpha value is -1.63. The lowest BCUT2D eigenvalue weighted by molar-refractivity contribution is -0.661. The van der Waals surface area contributed by atoms with Gasteiger partial charge in [-0.25, -0.2) is 4.57 Å². The second-order valence-corrected chi connectivity index (χ2v) is 7.07. The number of rotatable bonds is 2. The highest BCUT2D eigenvalue weighted by Gasteiger charge is 2.19. The summed E-state index contributed by atoms with van der Waals surface area (Å²) in [5.74, 6) is 0.786. The summed E-state index contributed by atoms with van der Waals surface area (Å²) < 4.78 is 2.27. The molecule has 22 heavy (non-hydrogen) atoms. The number of hydrogen-bond acceptors (Lipinski definition) is 0. The highest BCUT2D eigenvalue weighted by atomic mass is 14.9. The minimum Gasteiger partial charge on any atom is -0.201 e. The first-order valence-corrected chi connectivity index (χ1v) is 8.64. The fourth-order valence-corrected chi connectivity index (χ4v) is 4.14. The molecule has 1 fully saturated rings. The summed E-state index contributed by atoms with van der Waals surface area (Å²) in [4.78, 5) is 0. The Morgan fingerprint density at radius 2 is 1.64 bits per heavy atom. The van der Waals surface area contributed by atoms with Gasteiger partial charge in [0.05, 0.1) is 0 Å². The number of nitrogens with zero attached hydrogens (tertiary/aromatic N) is 1. The van der Waals surface area contributed by atoms with Gasteiger partial charge in [0.15, 0.2) is 6.20 Å². The van der Waals surface area contributed by atoms with Crippen LogP contribution in [0, 0.1) is 20.8 Å². The van der Waals surface area contributed by atoms with Crippen LogP contribution in [0.15, 0.2) is 30.5 Å². The van der Waals surface area contributed by atoms with Crippen molar-refractivity contribution in [2.45, 2.75) is 58.8 Å². The van der Waals surface area contributed by atoms with Gasteiger partial charge in [0, 0.05) is 16.7 Å². The van der Waals surface area contributed by atoms with E-state index in [1.807, 2.05) is 0 Å². The summed E-state index contributed by atoms with van der Waals surface area (Å²) in [5.41, 5.74) is 8.35. The maximum absolute atomic E-state index is 2.44. The Bertz CT molecular complexity index is 655. The molecule has 0 atom stereocenters. The molecule has 0 bridgehead atoms. The average molecular weight is 294 g/mol. The molecular weight excluding hydrogens is 266 g/mol. The van der Waals surface area contributed by atoms with Crippen LogP contribution in [-0.2, 0) is 7.05 Å². The molecule has 0 amide bonds. The molecule has 1 heterocycles. The second-order valence-electron chi connectivity index (χ2n) is 7.07. The van der Waals surface area contributed by atoms with Gasteiger partial charge in [0.1, 0.15) is 7.05 Å². The average Bonchev–Trinajstić information content (AvgIpc) is 2.49. The van der Waals surface area contributed by atoms with Crippen molar-refractivity contribution in [1.29, 1.82) is 0 Å². The molecule has 0 N–H and O–H groups in total. The van der Waals surface area contributed by atoms with Crippen molar-refractivity contribution < 1.29 is 4.57 Å². The lowest BCUT2D eigenvalue weighted by atomic mass is 9.83. The molecule has 1 aliphatic carbocycles. The van der Waals surface area contributed by atoms with E-state index in [0.29, 0.717) is 0 Å². The summed E-state index contributed by atoms with van der Waals surface area (Å²) in [6.45, 7) is 6.65. The normalized spacial score (nSPS) is 16.0. The molecule has 1 heteroatoms. The van der Waals surface area contributed by atoms with Crippen molar-refractivity contribution in [2.24, 2.45) is 7.05 Å². The van der Waals surface area contributed by atoms with E-state index in [1.54, 1.807) is 5.56 Å². The summed E-state index contributed by atoms with van der Waals surface area (Å²) in [6.07, 6.45) is 9.18. The van der Waals surface area contributed by atoms with Crippen LogP contribution in [0.1, 0.15) is 60.3 Å². The van der Waals surface area contributed by atoms with E-state index in [2.05, 4.69) is 62.8 Å². The minimum atomic E-state index is 0.786. The van der Waals surface area contributed by atoms with Crippen LogP contribution in [0.5, 0.6) is 0 Å². The third kappa shape index (κ3) is 2.95. The van der Waals surface area contributed by atoms with Crippen molar-refractivity contribution in [3.8, 4) is 11.3 Å². The Kier molecular flexibility index (Phi) is 4.33. The van der Waals surface area contributed by atoms with Gasteiger partial charge in [0.2, 0.25) is 5.69 Å². The zero-order chi connectivity index (χ0) is 15.7. The minimum absolute atomic E-state index is 0.786. The molecule has 0 radical (unpaired) electrons. The first-order valence-electron chi connectivity index (χ1n) is 8.64. The molecule has 1 nitrogen and oxygen atoms in total. The fourth-order valence-electron chi connectivity index (χ4n) is 4.14. The third-order valence-electron chi connectivity index (χ3n) is 5.15. The van der Waals surface area contributed by atoms with Crippen molar-refractivity contribution in [3.63, 3.8) is 0 Å². The standard InChI is InChI=1S/C21H28N/c1-15-12-17(3)21(22(4)14-15)20-11-10-19(13-16(20)2)18-8-6-5-7-9-18/h10-14,18H,5-9H2,1-4H3/q+1. The predicted octanol–water partition coefficient (Wildman–Crippen LogP) is 5.15. The fraction of sp³-hybridized carbons (Fsp3) is 0.476. The molecule has 1 aromatic carbocycles. The van der Waals surface area contributed by atoms with E-state index in [9.17, 15) is 0 Å². The number of aryl methyl sites for hydroxylation is 4.